The molecule has 0 saturated carbocycles. The smallest absolute Gasteiger partial charge is 0.322 e. The highest BCUT2D eigenvalue weighted by Gasteiger charge is 2.34. The SMILES string of the molecule is O=C(Nc1ccc(NC(=O)c2ccc(Cl)nc2)c(C(F)(F)F)c1)c1ccc(F)cc1. The Morgan fingerprint density at radius 1 is 0.867 bits per heavy atom. The van der Waals surface area contributed by atoms with Gasteiger partial charge in [-0.05, 0) is 54.6 Å². The molecule has 3 rings (SSSR count). The molecule has 0 aliphatic heterocycles. The van der Waals surface area contributed by atoms with Crippen LogP contribution in [0.5, 0.6) is 0 Å². The van der Waals surface area contributed by atoms with Crippen molar-refractivity contribution in [3.8, 4) is 0 Å². The summed E-state index contributed by atoms with van der Waals surface area (Å²) in [6, 6.07) is 10.1. The second-order valence-electron chi connectivity index (χ2n) is 6.04. The Kier molecular flexibility index (Phi) is 6.02. The third kappa shape index (κ3) is 5.12. The fourth-order valence-corrected chi connectivity index (χ4v) is 2.59. The number of aromatic nitrogens is 1. The lowest BCUT2D eigenvalue weighted by Gasteiger charge is -2.16. The second-order valence-corrected chi connectivity index (χ2v) is 6.43. The molecule has 1 aromatic heterocycles. The van der Waals surface area contributed by atoms with Crippen molar-refractivity contribution < 1.29 is 27.2 Å². The number of amides is 2. The van der Waals surface area contributed by atoms with E-state index >= 15 is 0 Å². The first-order valence-corrected chi connectivity index (χ1v) is 8.72. The highest BCUT2D eigenvalue weighted by molar-refractivity contribution is 6.29. The lowest BCUT2D eigenvalue weighted by molar-refractivity contribution is -0.136. The number of carbonyl (C=O) groups excluding carboxylic acids is 2. The summed E-state index contributed by atoms with van der Waals surface area (Å²) in [5, 5.41) is 4.61. The normalized spacial score (nSPS) is 11.1. The molecule has 154 valence electrons. The fraction of sp³-hybridized carbons (Fsp3) is 0.0500. The Hall–Kier alpha value is -3.46. The number of hydrogen-bond acceptors (Lipinski definition) is 3. The van der Waals surface area contributed by atoms with E-state index in [-0.39, 0.29) is 22.0 Å². The Balaban J connectivity index is 1.84. The summed E-state index contributed by atoms with van der Waals surface area (Å²) >= 11 is 5.63. The molecule has 0 aliphatic carbocycles. The maximum Gasteiger partial charge on any atom is 0.418 e. The summed E-state index contributed by atoms with van der Waals surface area (Å²) in [5.41, 5.74) is -1.72. The molecular formula is C20H12ClF4N3O2. The van der Waals surface area contributed by atoms with Gasteiger partial charge in [0.15, 0.2) is 0 Å². The van der Waals surface area contributed by atoms with Gasteiger partial charge in [-0.3, -0.25) is 9.59 Å². The van der Waals surface area contributed by atoms with Gasteiger partial charge in [-0.1, -0.05) is 11.6 Å². The van der Waals surface area contributed by atoms with Gasteiger partial charge < -0.3 is 10.6 Å². The van der Waals surface area contributed by atoms with Gasteiger partial charge in [0.2, 0.25) is 0 Å². The molecule has 10 heteroatoms. The van der Waals surface area contributed by atoms with Gasteiger partial charge in [0.1, 0.15) is 11.0 Å². The number of hydrogen-bond donors (Lipinski definition) is 2. The van der Waals surface area contributed by atoms with Crippen LogP contribution in [0.1, 0.15) is 26.3 Å². The molecule has 5 nitrogen and oxygen atoms in total. The molecule has 0 aliphatic rings. The summed E-state index contributed by atoms with van der Waals surface area (Å²) < 4.78 is 53.5. The minimum atomic E-state index is -4.81. The van der Waals surface area contributed by atoms with E-state index in [4.69, 9.17) is 11.6 Å². The summed E-state index contributed by atoms with van der Waals surface area (Å²) in [6.45, 7) is 0. The third-order valence-corrected chi connectivity index (χ3v) is 4.15. The number of nitrogens with zero attached hydrogens (tertiary/aromatic N) is 1. The minimum Gasteiger partial charge on any atom is -0.322 e. The number of rotatable bonds is 4. The van der Waals surface area contributed by atoms with Crippen LogP contribution in [-0.4, -0.2) is 16.8 Å². The maximum absolute atomic E-state index is 13.5. The van der Waals surface area contributed by atoms with Crippen molar-refractivity contribution >= 4 is 34.8 Å². The molecule has 0 fully saturated rings. The molecule has 0 spiro atoms. The number of benzene rings is 2. The van der Waals surface area contributed by atoms with E-state index < -0.39 is 35.1 Å². The van der Waals surface area contributed by atoms with Crippen molar-refractivity contribution in [1.29, 1.82) is 0 Å². The maximum atomic E-state index is 13.5. The molecule has 0 bridgehead atoms. The van der Waals surface area contributed by atoms with E-state index in [9.17, 15) is 27.2 Å². The van der Waals surface area contributed by atoms with Gasteiger partial charge >= 0.3 is 6.18 Å². The lowest BCUT2D eigenvalue weighted by Crippen LogP contribution is -2.18. The number of carbonyl (C=O) groups is 2. The van der Waals surface area contributed by atoms with Crippen molar-refractivity contribution in [2.24, 2.45) is 0 Å². The van der Waals surface area contributed by atoms with Crippen molar-refractivity contribution in [2.75, 3.05) is 10.6 Å². The lowest BCUT2D eigenvalue weighted by atomic mass is 10.1. The Morgan fingerprint density at radius 2 is 1.50 bits per heavy atom. The third-order valence-electron chi connectivity index (χ3n) is 3.93. The molecule has 1 heterocycles. The van der Waals surface area contributed by atoms with Crippen molar-refractivity contribution in [3.63, 3.8) is 0 Å². The van der Waals surface area contributed by atoms with Crippen LogP contribution in [0.15, 0.2) is 60.8 Å². The molecule has 2 aromatic carbocycles. The molecule has 0 saturated heterocycles. The molecule has 2 N–H and O–H groups in total. The van der Waals surface area contributed by atoms with Gasteiger partial charge in [0, 0.05) is 17.4 Å². The quantitative estimate of drug-likeness (QED) is 0.424. The van der Waals surface area contributed by atoms with E-state index in [0.717, 1.165) is 24.4 Å². The first-order chi connectivity index (χ1) is 14.1. The zero-order valence-electron chi connectivity index (χ0n) is 14.9. The largest absolute Gasteiger partial charge is 0.418 e. The van der Waals surface area contributed by atoms with Gasteiger partial charge in [-0.15, -0.1) is 0 Å². The molecule has 30 heavy (non-hydrogen) atoms. The van der Waals surface area contributed by atoms with Crippen LogP contribution in [0.4, 0.5) is 28.9 Å². The topological polar surface area (TPSA) is 71.1 Å². The van der Waals surface area contributed by atoms with Gasteiger partial charge in [-0.25, -0.2) is 9.37 Å². The number of pyridine rings is 1. The summed E-state index contributed by atoms with van der Waals surface area (Å²) in [6.07, 6.45) is -3.68. The number of anilines is 2. The van der Waals surface area contributed by atoms with Crippen LogP contribution >= 0.6 is 11.6 Å². The first kappa shape index (κ1) is 21.3. The molecule has 2 amide bonds. The zero-order valence-corrected chi connectivity index (χ0v) is 15.7. The van der Waals surface area contributed by atoms with Crippen LogP contribution in [0.25, 0.3) is 0 Å². The van der Waals surface area contributed by atoms with Crippen molar-refractivity contribution in [3.05, 3.63) is 88.5 Å². The molecule has 0 unspecified atom stereocenters. The molecule has 0 atom stereocenters. The predicted molar refractivity (Wildman–Crippen MR) is 103 cm³/mol. The van der Waals surface area contributed by atoms with E-state index in [1.165, 1.54) is 30.3 Å². The van der Waals surface area contributed by atoms with E-state index in [2.05, 4.69) is 15.6 Å². The minimum absolute atomic E-state index is 0.0150. The standard InChI is InChI=1S/C20H12ClF4N3O2/c21-17-8-3-12(10-26-17)19(30)28-16-7-6-14(9-15(16)20(23,24)25)27-18(29)11-1-4-13(22)5-2-11/h1-10H,(H,27,29)(H,28,30). The summed E-state index contributed by atoms with van der Waals surface area (Å²) in [7, 11) is 0. The molecule has 3 aromatic rings. The van der Waals surface area contributed by atoms with Gasteiger partial charge in [-0.2, -0.15) is 13.2 Å². The summed E-state index contributed by atoms with van der Waals surface area (Å²) in [5.74, 6) is -2.08. The molecule has 0 radical (unpaired) electrons. The number of alkyl halides is 3. The Labute approximate surface area is 172 Å². The highest BCUT2D eigenvalue weighted by Crippen LogP contribution is 2.37. The van der Waals surface area contributed by atoms with Crippen LogP contribution in [0.3, 0.4) is 0 Å². The highest BCUT2D eigenvalue weighted by atomic mass is 35.5. The Morgan fingerprint density at radius 3 is 2.10 bits per heavy atom. The zero-order chi connectivity index (χ0) is 21.9. The van der Waals surface area contributed by atoms with E-state index in [1.54, 1.807) is 0 Å². The Bertz CT molecular complexity index is 1080. The average molecular weight is 438 g/mol. The molecular weight excluding hydrogens is 426 g/mol. The fourth-order valence-electron chi connectivity index (χ4n) is 2.47. The average Bonchev–Trinajstić information content (AvgIpc) is 2.69. The predicted octanol–water partition coefficient (Wildman–Crippen LogP) is 5.40. The van der Waals surface area contributed by atoms with Gasteiger partial charge in [0.25, 0.3) is 11.8 Å². The van der Waals surface area contributed by atoms with Crippen molar-refractivity contribution in [1.82, 2.24) is 4.98 Å². The van der Waals surface area contributed by atoms with Crippen molar-refractivity contribution in [2.45, 2.75) is 6.18 Å². The first-order valence-electron chi connectivity index (χ1n) is 8.34. The van der Waals surface area contributed by atoms with Crippen LogP contribution in [0.2, 0.25) is 5.15 Å². The van der Waals surface area contributed by atoms with Gasteiger partial charge in [0.05, 0.1) is 16.8 Å². The number of halogens is 5. The van der Waals surface area contributed by atoms with Crippen LogP contribution < -0.4 is 10.6 Å². The van der Waals surface area contributed by atoms with Crippen LogP contribution in [0, 0.1) is 5.82 Å². The summed E-state index contributed by atoms with van der Waals surface area (Å²) in [4.78, 5) is 28.1. The van der Waals surface area contributed by atoms with Crippen LogP contribution in [-0.2, 0) is 6.18 Å². The monoisotopic (exact) mass is 437 g/mol. The van der Waals surface area contributed by atoms with E-state index in [1.807, 2.05) is 0 Å². The number of nitrogens with one attached hydrogen (secondary N) is 2. The van der Waals surface area contributed by atoms with E-state index in [0.29, 0.717) is 6.07 Å². The second kappa shape index (κ2) is 8.50.